The maximum absolute atomic E-state index is 12.5. The molecule has 0 unspecified atom stereocenters. The monoisotopic (exact) mass is 342 g/mol. The number of nitriles is 1. The second-order valence-corrected chi connectivity index (χ2v) is 5.42. The van der Waals surface area contributed by atoms with E-state index in [-0.39, 0.29) is 12.3 Å². The van der Waals surface area contributed by atoms with Gasteiger partial charge in [-0.05, 0) is 18.2 Å². The minimum atomic E-state index is 0.0317. The molecule has 0 fully saturated rings. The molecule has 0 saturated carbocycles. The summed E-state index contributed by atoms with van der Waals surface area (Å²) in [7, 11) is 0. The van der Waals surface area contributed by atoms with Crippen molar-refractivity contribution in [1.82, 2.24) is 0 Å². The molecule has 2 aromatic carbocycles. The molecule has 0 bridgehead atoms. The highest BCUT2D eigenvalue weighted by atomic mass is 79.9. The fraction of sp³-hybridized carbons (Fsp3) is 0.176. The first kappa shape index (κ1) is 15.3. The van der Waals surface area contributed by atoms with Crippen molar-refractivity contribution in [3.63, 3.8) is 0 Å². The Morgan fingerprint density at radius 3 is 2.43 bits per heavy atom. The molecule has 0 aliphatic heterocycles. The Balaban J connectivity index is 2.18. The van der Waals surface area contributed by atoms with Crippen LogP contribution in [0.2, 0.25) is 0 Å². The third-order valence-electron chi connectivity index (χ3n) is 3.12. The second kappa shape index (κ2) is 7.61. The molecule has 21 heavy (non-hydrogen) atoms. The molecule has 0 aliphatic rings. The van der Waals surface area contributed by atoms with Gasteiger partial charge in [-0.15, -0.1) is 0 Å². The first-order chi connectivity index (χ1) is 10.2. The molecule has 2 aromatic rings. The van der Waals surface area contributed by atoms with E-state index in [0.29, 0.717) is 18.5 Å². The lowest BCUT2D eigenvalue weighted by Gasteiger charge is -2.23. The number of Topliss-reactive ketones (excluding diaryl/α,β-unsaturated/α-hetero) is 1. The first-order valence-corrected chi connectivity index (χ1v) is 7.46. The van der Waals surface area contributed by atoms with Crippen molar-refractivity contribution >= 4 is 27.4 Å². The van der Waals surface area contributed by atoms with E-state index < -0.39 is 0 Å². The molecular formula is C17H15BrN2O. The fourth-order valence-electron chi connectivity index (χ4n) is 2.07. The van der Waals surface area contributed by atoms with Gasteiger partial charge in [0, 0.05) is 22.3 Å². The molecule has 0 aliphatic carbocycles. The predicted octanol–water partition coefficient (Wildman–Crippen LogP) is 4.05. The third kappa shape index (κ3) is 4.17. The van der Waals surface area contributed by atoms with Crippen LogP contribution in [0.3, 0.4) is 0 Å². The lowest BCUT2D eigenvalue weighted by atomic mass is 10.1. The molecule has 0 aromatic heterocycles. The van der Waals surface area contributed by atoms with Crippen LogP contribution in [0.25, 0.3) is 0 Å². The molecule has 3 nitrogen and oxygen atoms in total. The summed E-state index contributed by atoms with van der Waals surface area (Å²) in [4.78, 5) is 14.4. The molecule has 0 atom stereocenters. The molecule has 0 heterocycles. The average Bonchev–Trinajstić information content (AvgIpc) is 2.52. The van der Waals surface area contributed by atoms with Crippen LogP contribution in [0, 0.1) is 11.3 Å². The van der Waals surface area contributed by atoms with E-state index in [1.165, 1.54) is 0 Å². The number of para-hydroxylation sites is 1. The van der Waals surface area contributed by atoms with E-state index in [1.54, 1.807) is 6.07 Å². The van der Waals surface area contributed by atoms with E-state index in [1.807, 2.05) is 53.4 Å². The summed E-state index contributed by atoms with van der Waals surface area (Å²) < 4.78 is 0.795. The van der Waals surface area contributed by atoms with Gasteiger partial charge >= 0.3 is 0 Å². The Kier molecular flexibility index (Phi) is 5.53. The Morgan fingerprint density at radius 2 is 1.76 bits per heavy atom. The molecule has 0 amide bonds. The molecule has 0 spiro atoms. The molecule has 4 heteroatoms. The SMILES string of the molecule is N#CCCN(CC(=O)c1ccccc1Br)c1ccccc1. The van der Waals surface area contributed by atoms with Crippen LogP contribution in [-0.4, -0.2) is 18.9 Å². The second-order valence-electron chi connectivity index (χ2n) is 4.57. The van der Waals surface area contributed by atoms with Gasteiger partial charge in [-0.1, -0.05) is 52.3 Å². The molecule has 0 saturated heterocycles. The van der Waals surface area contributed by atoms with Crippen molar-refractivity contribution < 1.29 is 4.79 Å². The van der Waals surface area contributed by atoms with Crippen LogP contribution in [0.5, 0.6) is 0 Å². The fourth-order valence-corrected chi connectivity index (χ4v) is 2.57. The molecular weight excluding hydrogens is 328 g/mol. The number of nitrogens with zero attached hydrogens (tertiary/aromatic N) is 2. The Morgan fingerprint density at radius 1 is 1.10 bits per heavy atom. The number of rotatable bonds is 6. The lowest BCUT2D eigenvalue weighted by molar-refractivity contribution is 0.0998. The number of carbonyl (C=O) groups is 1. The topological polar surface area (TPSA) is 44.1 Å². The van der Waals surface area contributed by atoms with E-state index in [4.69, 9.17) is 5.26 Å². The van der Waals surface area contributed by atoms with Gasteiger partial charge in [0.15, 0.2) is 5.78 Å². The quantitative estimate of drug-likeness (QED) is 0.743. The number of benzene rings is 2. The zero-order valence-corrected chi connectivity index (χ0v) is 13.1. The Hall–Kier alpha value is -2.12. The first-order valence-electron chi connectivity index (χ1n) is 6.67. The van der Waals surface area contributed by atoms with Crippen molar-refractivity contribution in [3.05, 3.63) is 64.6 Å². The van der Waals surface area contributed by atoms with Gasteiger partial charge in [0.05, 0.1) is 19.0 Å². The van der Waals surface area contributed by atoms with Crippen molar-refractivity contribution in [2.45, 2.75) is 6.42 Å². The smallest absolute Gasteiger partial charge is 0.183 e. The molecule has 0 radical (unpaired) electrons. The van der Waals surface area contributed by atoms with Crippen LogP contribution >= 0.6 is 15.9 Å². The average molecular weight is 343 g/mol. The zero-order valence-electron chi connectivity index (χ0n) is 11.5. The largest absolute Gasteiger partial charge is 0.363 e. The Labute approximate surface area is 132 Å². The number of halogens is 1. The highest BCUT2D eigenvalue weighted by molar-refractivity contribution is 9.10. The van der Waals surface area contributed by atoms with Crippen molar-refractivity contribution in [1.29, 1.82) is 5.26 Å². The van der Waals surface area contributed by atoms with Crippen molar-refractivity contribution in [2.24, 2.45) is 0 Å². The van der Waals surface area contributed by atoms with Gasteiger partial charge in [-0.3, -0.25) is 4.79 Å². The molecule has 106 valence electrons. The minimum absolute atomic E-state index is 0.0317. The van der Waals surface area contributed by atoms with Crippen LogP contribution in [0.15, 0.2) is 59.1 Å². The molecule has 2 rings (SSSR count). The summed E-state index contributed by atoms with van der Waals surface area (Å²) in [6.07, 6.45) is 0.387. The standard InChI is InChI=1S/C17H15BrN2O/c18-16-10-5-4-9-15(16)17(21)13-20(12-6-11-19)14-7-2-1-3-8-14/h1-5,7-10H,6,12-13H2. The summed E-state index contributed by atoms with van der Waals surface area (Å²) in [6.45, 7) is 0.797. The van der Waals surface area contributed by atoms with Gasteiger partial charge in [0.1, 0.15) is 0 Å². The minimum Gasteiger partial charge on any atom is -0.363 e. The van der Waals surface area contributed by atoms with E-state index >= 15 is 0 Å². The molecule has 0 N–H and O–H groups in total. The number of hydrogen-bond donors (Lipinski definition) is 0. The van der Waals surface area contributed by atoms with Gasteiger partial charge in [0.25, 0.3) is 0 Å². The van der Waals surface area contributed by atoms with Gasteiger partial charge in [-0.25, -0.2) is 0 Å². The number of ketones is 1. The van der Waals surface area contributed by atoms with Gasteiger partial charge in [0.2, 0.25) is 0 Å². The van der Waals surface area contributed by atoms with Crippen molar-refractivity contribution in [3.8, 4) is 6.07 Å². The lowest BCUT2D eigenvalue weighted by Crippen LogP contribution is -2.30. The van der Waals surface area contributed by atoms with E-state index in [0.717, 1.165) is 10.2 Å². The van der Waals surface area contributed by atoms with Crippen LogP contribution < -0.4 is 4.90 Å². The summed E-state index contributed by atoms with van der Waals surface area (Å²) in [6, 6.07) is 19.2. The normalized spacial score (nSPS) is 9.90. The third-order valence-corrected chi connectivity index (χ3v) is 3.82. The maximum atomic E-state index is 12.5. The van der Waals surface area contributed by atoms with Crippen molar-refractivity contribution in [2.75, 3.05) is 18.0 Å². The summed E-state index contributed by atoms with van der Waals surface area (Å²) in [5.41, 5.74) is 1.61. The van der Waals surface area contributed by atoms with Crippen LogP contribution in [0.1, 0.15) is 16.8 Å². The highest BCUT2D eigenvalue weighted by Crippen LogP contribution is 2.19. The predicted molar refractivity (Wildman–Crippen MR) is 87.4 cm³/mol. The summed E-state index contributed by atoms with van der Waals surface area (Å²) in [5, 5.41) is 8.79. The zero-order chi connectivity index (χ0) is 15.1. The summed E-state index contributed by atoms with van der Waals surface area (Å²) in [5.74, 6) is 0.0317. The number of anilines is 1. The highest BCUT2D eigenvalue weighted by Gasteiger charge is 2.15. The van der Waals surface area contributed by atoms with E-state index in [2.05, 4.69) is 22.0 Å². The van der Waals surface area contributed by atoms with Crippen LogP contribution in [0.4, 0.5) is 5.69 Å². The van der Waals surface area contributed by atoms with Gasteiger partial charge < -0.3 is 4.90 Å². The summed E-state index contributed by atoms with van der Waals surface area (Å²) >= 11 is 3.40. The maximum Gasteiger partial charge on any atom is 0.183 e. The number of carbonyl (C=O) groups excluding carboxylic acids is 1. The van der Waals surface area contributed by atoms with Gasteiger partial charge in [-0.2, -0.15) is 5.26 Å². The Bertz CT molecular complexity index is 649. The van der Waals surface area contributed by atoms with E-state index in [9.17, 15) is 4.79 Å². The number of hydrogen-bond acceptors (Lipinski definition) is 3. The van der Waals surface area contributed by atoms with Crippen LogP contribution in [-0.2, 0) is 0 Å².